The fraction of sp³-hybridized carbons (Fsp3) is 0.286. The Morgan fingerprint density at radius 3 is 2.90 bits per heavy atom. The Morgan fingerprint density at radius 1 is 1.70 bits per heavy atom. The highest BCUT2D eigenvalue weighted by atomic mass is 16.4. The van der Waals surface area contributed by atoms with Gasteiger partial charge in [-0.05, 0) is 5.75 Å². The van der Waals surface area contributed by atoms with Gasteiger partial charge in [0.1, 0.15) is 0 Å². The average molecular weight is 139 g/mol. The van der Waals surface area contributed by atoms with Gasteiger partial charge in [-0.1, -0.05) is 6.92 Å². The predicted molar refractivity (Wildman–Crippen MR) is 33.8 cm³/mol. The van der Waals surface area contributed by atoms with Crippen molar-refractivity contribution >= 4 is 0 Å². The molecule has 0 aliphatic rings. The molecule has 0 spiro atoms. The van der Waals surface area contributed by atoms with E-state index in [0.29, 0.717) is 6.42 Å². The molecule has 0 bridgehead atoms. The van der Waals surface area contributed by atoms with Gasteiger partial charge in [0, 0.05) is 12.5 Å². The van der Waals surface area contributed by atoms with Crippen molar-refractivity contribution < 1.29 is 9.52 Å². The second kappa shape index (κ2) is 2.56. The fourth-order valence-electron chi connectivity index (χ4n) is 0.688. The van der Waals surface area contributed by atoms with Crippen molar-refractivity contribution in [3.8, 4) is 5.75 Å². The first-order valence-corrected chi connectivity index (χ1v) is 3.03. The Bertz CT molecular complexity index is 274. The van der Waals surface area contributed by atoms with Gasteiger partial charge in [-0.25, -0.2) is 0 Å². The van der Waals surface area contributed by atoms with Gasteiger partial charge in [-0.3, -0.25) is 4.79 Å². The lowest BCUT2D eigenvalue weighted by Crippen LogP contribution is -2.10. The van der Waals surface area contributed by atoms with E-state index in [1.807, 2.05) is 0 Å². The van der Waals surface area contributed by atoms with Crippen LogP contribution >= 0.6 is 0 Å². The van der Waals surface area contributed by atoms with Crippen molar-refractivity contribution in [2.75, 3.05) is 0 Å². The summed E-state index contributed by atoms with van der Waals surface area (Å²) in [5.41, 5.74) is -0.497. The lowest BCUT2D eigenvalue weighted by molar-refractivity contribution is -0.273. The van der Waals surface area contributed by atoms with Crippen LogP contribution in [0.25, 0.3) is 0 Å². The summed E-state index contributed by atoms with van der Waals surface area (Å²) in [6, 6.07) is 1.13. The SMILES string of the molecule is CCc1occc(=O)c1[O-]. The summed E-state index contributed by atoms with van der Waals surface area (Å²) in [4.78, 5) is 10.6. The predicted octanol–water partition coefficient (Wildman–Crippen LogP) is 0.276. The molecule has 3 heteroatoms. The quantitative estimate of drug-likeness (QED) is 0.561. The summed E-state index contributed by atoms with van der Waals surface area (Å²) in [6.07, 6.45) is 1.71. The van der Waals surface area contributed by atoms with E-state index in [2.05, 4.69) is 0 Å². The Morgan fingerprint density at radius 2 is 2.40 bits per heavy atom. The zero-order chi connectivity index (χ0) is 7.56. The zero-order valence-corrected chi connectivity index (χ0v) is 5.59. The molecule has 3 nitrogen and oxygen atoms in total. The molecule has 0 saturated carbocycles. The summed E-state index contributed by atoms with van der Waals surface area (Å²) in [5, 5.41) is 10.8. The molecule has 1 aromatic heterocycles. The first-order valence-electron chi connectivity index (χ1n) is 3.03. The summed E-state index contributed by atoms with van der Waals surface area (Å²) < 4.78 is 4.78. The minimum atomic E-state index is -0.523. The Kier molecular flexibility index (Phi) is 1.76. The van der Waals surface area contributed by atoms with Crippen LogP contribution in [0, 0.1) is 0 Å². The molecule has 1 rings (SSSR count). The van der Waals surface area contributed by atoms with Gasteiger partial charge in [0.25, 0.3) is 0 Å². The van der Waals surface area contributed by atoms with Gasteiger partial charge in [-0.2, -0.15) is 0 Å². The molecule has 1 heterocycles. The third kappa shape index (κ3) is 1.03. The molecule has 0 radical (unpaired) electrons. The van der Waals surface area contributed by atoms with E-state index in [4.69, 9.17) is 4.42 Å². The first kappa shape index (κ1) is 6.86. The maximum Gasteiger partial charge on any atom is 0.177 e. The molecule has 10 heavy (non-hydrogen) atoms. The van der Waals surface area contributed by atoms with Crippen LogP contribution in [-0.4, -0.2) is 0 Å². The molecule has 0 unspecified atom stereocenters. The van der Waals surface area contributed by atoms with E-state index >= 15 is 0 Å². The van der Waals surface area contributed by atoms with Crippen LogP contribution < -0.4 is 10.5 Å². The van der Waals surface area contributed by atoms with Gasteiger partial charge in [-0.15, -0.1) is 0 Å². The third-order valence-corrected chi connectivity index (χ3v) is 1.23. The minimum Gasteiger partial charge on any atom is -0.868 e. The van der Waals surface area contributed by atoms with E-state index in [1.54, 1.807) is 6.92 Å². The average Bonchev–Trinajstić information content (AvgIpc) is 1.95. The second-order valence-electron chi connectivity index (χ2n) is 1.89. The number of hydrogen-bond donors (Lipinski definition) is 0. The molecule has 0 saturated heterocycles. The first-order chi connectivity index (χ1) is 4.75. The summed E-state index contributed by atoms with van der Waals surface area (Å²) >= 11 is 0. The molecule has 54 valence electrons. The van der Waals surface area contributed by atoms with Crippen LogP contribution in [0.1, 0.15) is 12.7 Å². The maximum atomic E-state index is 10.8. The second-order valence-corrected chi connectivity index (χ2v) is 1.89. The normalized spacial score (nSPS) is 9.70. The van der Waals surface area contributed by atoms with E-state index < -0.39 is 11.2 Å². The van der Waals surface area contributed by atoms with Gasteiger partial charge in [0.15, 0.2) is 5.43 Å². The molecular formula is C7H7O3-. The van der Waals surface area contributed by atoms with Crippen LogP contribution in [-0.2, 0) is 6.42 Å². The molecule has 0 N–H and O–H groups in total. The fourth-order valence-corrected chi connectivity index (χ4v) is 0.688. The van der Waals surface area contributed by atoms with E-state index in [-0.39, 0.29) is 5.76 Å². The number of aryl methyl sites for hydroxylation is 1. The summed E-state index contributed by atoms with van der Waals surface area (Å²) in [7, 11) is 0. The summed E-state index contributed by atoms with van der Waals surface area (Å²) in [5.74, 6) is -0.294. The van der Waals surface area contributed by atoms with E-state index in [1.165, 1.54) is 6.26 Å². The highest BCUT2D eigenvalue weighted by Gasteiger charge is 1.94. The van der Waals surface area contributed by atoms with E-state index in [0.717, 1.165) is 6.07 Å². The highest BCUT2D eigenvalue weighted by molar-refractivity contribution is 5.20. The van der Waals surface area contributed by atoms with Crippen molar-refractivity contribution in [2.24, 2.45) is 0 Å². The van der Waals surface area contributed by atoms with Crippen molar-refractivity contribution in [3.63, 3.8) is 0 Å². The van der Waals surface area contributed by atoms with Gasteiger partial charge < -0.3 is 9.52 Å². The molecule has 0 fully saturated rings. The van der Waals surface area contributed by atoms with Crippen molar-refractivity contribution in [2.45, 2.75) is 13.3 Å². The van der Waals surface area contributed by atoms with E-state index in [9.17, 15) is 9.90 Å². The standard InChI is InChI=1S/C7H8O3/c1-2-6-7(9)5(8)3-4-10-6/h3-4,9H,2H2,1H3/p-1. The third-order valence-electron chi connectivity index (χ3n) is 1.23. The minimum absolute atomic E-state index is 0.229. The molecule has 0 aliphatic heterocycles. The van der Waals surface area contributed by atoms with Gasteiger partial charge >= 0.3 is 0 Å². The summed E-state index contributed by atoms with van der Waals surface area (Å²) in [6.45, 7) is 1.76. The largest absolute Gasteiger partial charge is 0.868 e. The van der Waals surface area contributed by atoms with Crippen molar-refractivity contribution in [1.29, 1.82) is 0 Å². The molecule has 0 aliphatic carbocycles. The van der Waals surface area contributed by atoms with Gasteiger partial charge in [0.05, 0.1) is 12.0 Å². The molecule has 1 aromatic rings. The van der Waals surface area contributed by atoms with Crippen LogP contribution in [0.3, 0.4) is 0 Å². The lowest BCUT2D eigenvalue weighted by atomic mass is 10.3. The smallest absolute Gasteiger partial charge is 0.177 e. The van der Waals surface area contributed by atoms with Crippen LogP contribution in [0.2, 0.25) is 0 Å². The van der Waals surface area contributed by atoms with Crippen LogP contribution in [0.4, 0.5) is 0 Å². The Balaban J connectivity index is 3.28. The van der Waals surface area contributed by atoms with Crippen LogP contribution in [0.15, 0.2) is 21.5 Å². The molecular weight excluding hydrogens is 132 g/mol. The van der Waals surface area contributed by atoms with Crippen molar-refractivity contribution in [1.82, 2.24) is 0 Å². The lowest BCUT2D eigenvalue weighted by Gasteiger charge is -2.06. The number of hydrogen-bond acceptors (Lipinski definition) is 3. The zero-order valence-electron chi connectivity index (χ0n) is 5.59. The molecule has 0 aromatic carbocycles. The molecule has 0 atom stereocenters. The van der Waals surface area contributed by atoms with Crippen LogP contribution in [0.5, 0.6) is 5.75 Å². The monoisotopic (exact) mass is 139 g/mol. The Hall–Kier alpha value is -1.25. The van der Waals surface area contributed by atoms with Gasteiger partial charge in [0.2, 0.25) is 0 Å². The highest BCUT2D eigenvalue weighted by Crippen LogP contribution is 2.06. The number of rotatable bonds is 1. The Labute approximate surface area is 57.9 Å². The van der Waals surface area contributed by atoms with Crippen molar-refractivity contribution in [3.05, 3.63) is 28.3 Å². The molecule has 0 amide bonds. The topological polar surface area (TPSA) is 53.3 Å². The maximum absolute atomic E-state index is 10.8.